The quantitative estimate of drug-likeness (QED) is 0.187. The molecule has 3 unspecified atom stereocenters. The Hall–Kier alpha value is -3.81. The Morgan fingerprint density at radius 2 is 1.81 bits per heavy atom. The largest absolute Gasteiger partial charge is 0.480 e. The van der Waals surface area contributed by atoms with Gasteiger partial charge in [-0.1, -0.05) is 74.0 Å². The van der Waals surface area contributed by atoms with E-state index >= 15 is 0 Å². The zero-order valence-corrected chi connectivity index (χ0v) is 20.8. The molecule has 2 heterocycles. The standard InChI is InChI=1S/C28H36N6O2/c1-2-10-22-17-23(27(35)36)34-24(33-28(29)32-18-21-13-7-4-8-14-21)19-31-26(25(22)34)30-16-9-15-20-11-5-3-6-12-20/h3-8,11-14,19,22-24,30H,2,9-10,15-18H2,1H3,(H,35,36)(H3,29,32,33). The lowest BCUT2D eigenvalue weighted by Gasteiger charge is -2.36. The lowest BCUT2D eigenvalue weighted by Crippen LogP contribution is -2.56. The Balaban J connectivity index is 1.45. The highest BCUT2D eigenvalue weighted by Gasteiger charge is 2.46. The number of nitrogens with zero attached hydrogens (tertiary/aromatic N) is 2. The van der Waals surface area contributed by atoms with Crippen molar-refractivity contribution in [3.05, 3.63) is 83.3 Å². The Labute approximate surface area is 213 Å². The topological polar surface area (TPSA) is 113 Å². The number of aliphatic imine (C=N–C) groups is 1. The lowest BCUT2D eigenvalue weighted by atomic mass is 9.97. The maximum atomic E-state index is 12.2. The van der Waals surface area contributed by atoms with Gasteiger partial charge in [-0.15, -0.1) is 0 Å². The Morgan fingerprint density at radius 1 is 1.11 bits per heavy atom. The molecule has 0 radical (unpaired) electrons. The predicted molar refractivity (Wildman–Crippen MR) is 142 cm³/mol. The van der Waals surface area contributed by atoms with Crippen LogP contribution < -0.4 is 16.0 Å². The number of carboxylic acid groups (broad SMARTS) is 1. The van der Waals surface area contributed by atoms with Gasteiger partial charge in [0.2, 0.25) is 0 Å². The van der Waals surface area contributed by atoms with Crippen LogP contribution in [0.25, 0.3) is 0 Å². The number of hydrogen-bond donors (Lipinski definition) is 5. The summed E-state index contributed by atoms with van der Waals surface area (Å²) >= 11 is 0. The van der Waals surface area contributed by atoms with Crippen molar-refractivity contribution in [2.24, 2.45) is 10.9 Å². The highest BCUT2D eigenvalue weighted by molar-refractivity contribution is 5.83. The second-order valence-electron chi connectivity index (χ2n) is 9.31. The molecule has 2 aliphatic heterocycles. The first kappa shape index (κ1) is 25.3. The van der Waals surface area contributed by atoms with Crippen molar-refractivity contribution < 1.29 is 9.90 Å². The molecule has 8 heteroatoms. The molecule has 3 atom stereocenters. The fourth-order valence-corrected chi connectivity index (χ4v) is 5.01. The molecule has 0 aliphatic carbocycles. The summed E-state index contributed by atoms with van der Waals surface area (Å²) in [5.41, 5.74) is 3.31. The van der Waals surface area contributed by atoms with Crippen molar-refractivity contribution in [3.63, 3.8) is 0 Å². The summed E-state index contributed by atoms with van der Waals surface area (Å²) in [6, 6.07) is 19.6. The Kier molecular flexibility index (Phi) is 8.60. The van der Waals surface area contributed by atoms with E-state index in [4.69, 9.17) is 10.4 Å². The maximum Gasteiger partial charge on any atom is 0.326 e. The zero-order valence-electron chi connectivity index (χ0n) is 20.8. The SMILES string of the molecule is CCCC1CC(C(=O)O)N2C1=C(NCCCc1ccccc1)N=CC2NC(=N)NCc1ccccc1. The molecular weight excluding hydrogens is 452 g/mol. The minimum absolute atomic E-state index is 0.112. The molecule has 36 heavy (non-hydrogen) atoms. The summed E-state index contributed by atoms with van der Waals surface area (Å²) in [6.07, 6.45) is 5.53. The van der Waals surface area contributed by atoms with Crippen molar-refractivity contribution in [3.8, 4) is 0 Å². The van der Waals surface area contributed by atoms with Crippen LogP contribution in [0.1, 0.15) is 43.7 Å². The summed E-state index contributed by atoms with van der Waals surface area (Å²) in [7, 11) is 0. The first-order valence-corrected chi connectivity index (χ1v) is 12.8. The van der Waals surface area contributed by atoms with E-state index in [1.165, 1.54) is 5.56 Å². The number of carboxylic acids is 1. The molecule has 1 fully saturated rings. The number of rotatable bonds is 11. The average molecular weight is 489 g/mol. The summed E-state index contributed by atoms with van der Waals surface area (Å²) < 4.78 is 0. The molecule has 2 aliphatic rings. The van der Waals surface area contributed by atoms with E-state index in [-0.39, 0.29) is 11.9 Å². The number of fused-ring (bicyclic) bond motifs is 1. The van der Waals surface area contributed by atoms with Crippen LogP contribution in [0.3, 0.4) is 0 Å². The molecule has 8 nitrogen and oxygen atoms in total. The Bertz CT molecular complexity index is 1090. The van der Waals surface area contributed by atoms with Crippen LogP contribution >= 0.6 is 0 Å². The van der Waals surface area contributed by atoms with Crippen LogP contribution in [0.15, 0.2) is 77.2 Å². The molecule has 0 aromatic heterocycles. The van der Waals surface area contributed by atoms with Crippen LogP contribution in [0.2, 0.25) is 0 Å². The molecule has 2 aromatic rings. The number of benzene rings is 2. The lowest BCUT2D eigenvalue weighted by molar-refractivity contribution is -0.142. The molecule has 190 valence electrons. The summed E-state index contributed by atoms with van der Waals surface area (Å²) in [6.45, 7) is 3.38. The molecule has 0 bridgehead atoms. The van der Waals surface area contributed by atoms with Crippen molar-refractivity contribution in [1.29, 1.82) is 5.41 Å². The van der Waals surface area contributed by atoms with Crippen molar-refractivity contribution in [2.45, 2.75) is 57.8 Å². The summed E-state index contributed by atoms with van der Waals surface area (Å²) in [5, 5.41) is 28.2. The van der Waals surface area contributed by atoms with E-state index in [1.807, 2.05) is 41.3 Å². The fraction of sp³-hybridized carbons (Fsp3) is 0.393. The number of carbonyl (C=O) groups is 1. The fourth-order valence-electron chi connectivity index (χ4n) is 5.01. The van der Waals surface area contributed by atoms with Crippen LogP contribution in [0, 0.1) is 11.3 Å². The van der Waals surface area contributed by atoms with E-state index in [0.29, 0.717) is 13.0 Å². The van der Waals surface area contributed by atoms with E-state index in [0.717, 1.165) is 49.3 Å². The van der Waals surface area contributed by atoms with E-state index in [9.17, 15) is 9.90 Å². The number of guanidine groups is 1. The van der Waals surface area contributed by atoms with Gasteiger partial charge in [0, 0.05) is 25.2 Å². The van der Waals surface area contributed by atoms with Gasteiger partial charge in [0.15, 0.2) is 5.96 Å². The molecular formula is C28H36N6O2. The molecule has 0 saturated carbocycles. The number of aliphatic carboxylic acids is 1. The van der Waals surface area contributed by atoms with E-state index in [2.05, 4.69) is 47.1 Å². The normalized spacial score (nSPS) is 20.7. The molecule has 4 rings (SSSR count). The molecule has 2 aromatic carbocycles. The Morgan fingerprint density at radius 3 is 2.47 bits per heavy atom. The van der Waals surface area contributed by atoms with Gasteiger partial charge in [-0.05, 0) is 36.8 Å². The van der Waals surface area contributed by atoms with Crippen LogP contribution in [0.5, 0.6) is 0 Å². The number of allylic oxidation sites excluding steroid dienone is 1. The summed E-state index contributed by atoms with van der Waals surface area (Å²) in [5.74, 6) is 0.158. The monoisotopic (exact) mass is 488 g/mol. The van der Waals surface area contributed by atoms with Gasteiger partial charge >= 0.3 is 5.97 Å². The minimum atomic E-state index is -0.847. The van der Waals surface area contributed by atoms with Crippen molar-refractivity contribution in [2.75, 3.05) is 6.54 Å². The van der Waals surface area contributed by atoms with Crippen LogP contribution in [-0.2, 0) is 17.8 Å². The first-order valence-electron chi connectivity index (χ1n) is 12.8. The molecule has 0 spiro atoms. The third kappa shape index (κ3) is 6.24. The van der Waals surface area contributed by atoms with Gasteiger partial charge in [0.1, 0.15) is 18.0 Å². The van der Waals surface area contributed by atoms with Crippen molar-refractivity contribution in [1.82, 2.24) is 20.9 Å². The van der Waals surface area contributed by atoms with Gasteiger partial charge in [0.25, 0.3) is 0 Å². The second-order valence-corrected chi connectivity index (χ2v) is 9.31. The van der Waals surface area contributed by atoms with Gasteiger partial charge in [-0.25, -0.2) is 9.79 Å². The highest BCUT2D eigenvalue weighted by atomic mass is 16.4. The van der Waals surface area contributed by atoms with Crippen molar-refractivity contribution >= 4 is 18.1 Å². The zero-order chi connectivity index (χ0) is 25.3. The molecule has 5 N–H and O–H groups in total. The average Bonchev–Trinajstić information content (AvgIpc) is 3.28. The smallest absolute Gasteiger partial charge is 0.326 e. The van der Waals surface area contributed by atoms with Gasteiger partial charge in [0.05, 0.1) is 5.70 Å². The van der Waals surface area contributed by atoms with E-state index < -0.39 is 18.2 Å². The van der Waals surface area contributed by atoms with Gasteiger partial charge < -0.3 is 26.0 Å². The molecule has 1 saturated heterocycles. The third-order valence-corrected chi connectivity index (χ3v) is 6.70. The molecule has 0 amide bonds. The van der Waals surface area contributed by atoms with Crippen LogP contribution in [-0.4, -0.2) is 46.9 Å². The van der Waals surface area contributed by atoms with Crippen LogP contribution in [0.4, 0.5) is 0 Å². The van der Waals surface area contributed by atoms with E-state index in [1.54, 1.807) is 6.21 Å². The minimum Gasteiger partial charge on any atom is -0.480 e. The summed E-state index contributed by atoms with van der Waals surface area (Å²) in [4.78, 5) is 18.9. The number of aryl methyl sites for hydroxylation is 1. The van der Waals surface area contributed by atoms with Gasteiger partial charge in [-0.2, -0.15) is 0 Å². The van der Waals surface area contributed by atoms with Gasteiger partial charge in [-0.3, -0.25) is 5.41 Å². The highest BCUT2D eigenvalue weighted by Crippen LogP contribution is 2.40. The second kappa shape index (κ2) is 12.2. The maximum absolute atomic E-state index is 12.2. The number of hydrogen-bond acceptors (Lipinski definition) is 5. The predicted octanol–water partition coefficient (Wildman–Crippen LogP) is 3.68. The third-order valence-electron chi connectivity index (χ3n) is 6.70. The number of nitrogens with one attached hydrogen (secondary N) is 4. The first-order chi connectivity index (χ1) is 17.6.